The second-order valence-corrected chi connectivity index (χ2v) is 9.26. The van der Waals surface area contributed by atoms with Crippen molar-refractivity contribution in [2.45, 2.75) is 38.9 Å². The summed E-state index contributed by atoms with van der Waals surface area (Å²) in [5.74, 6) is 0.332. The van der Waals surface area contributed by atoms with Crippen LogP contribution in [0.15, 0.2) is 53.3 Å². The molecule has 0 atom stereocenters. The lowest BCUT2D eigenvalue weighted by molar-refractivity contribution is 0.580. The van der Waals surface area contributed by atoms with Gasteiger partial charge in [-0.15, -0.1) is 0 Å². The van der Waals surface area contributed by atoms with Crippen LogP contribution in [0.5, 0.6) is 0 Å². The van der Waals surface area contributed by atoms with E-state index in [-0.39, 0.29) is 17.9 Å². The third-order valence-corrected chi connectivity index (χ3v) is 6.27. The lowest BCUT2D eigenvalue weighted by Crippen LogP contribution is -2.29. The number of hydrogen-bond acceptors (Lipinski definition) is 3. The SMILES string of the molecule is Cc1ccccc1CS(=O)(=O)NCCc1cc2cc(C(C)C)ccc2[nH]c1=O. The van der Waals surface area contributed by atoms with Crippen molar-refractivity contribution < 1.29 is 8.42 Å². The maximum absolute atomic E-state index is 12.4. The van der Waals surface area contributed by atoms with Crippen LogP contribution >= 0.6 is 0 Å². The van der Waals surface area contributed by atoms with E-state index in [1.54, 1.807) is 0 Å². The van der Waals surface area contributed by atoms with Crippen molar-refractivity contribution in [3.63, 3.8) is 0 Å². The second kappa shape index (κ2) is 8.29. The van der Waals surface area contributed by atoms with Crippen LogP contribution in [0.25, 0.3) is 10.9 Å². The zero-order valence-electron chi connectivity index (χ0n) is 16.5. The highest BCUT2D eigenvalue weighted by atomic mass is 32.2. The number of pyridine rings is 1. The first-order valence-corrected chi connectivity index (χ1v) is 11.1. The molecular weight excluding hydrogens is 372 g/mol. The molecule has 0 aliphatic rings. The van der Waals surface area contributed by atoms with Gasteiger partial charge in [0.25, 0.3) is 5.56 Å². The molecule has 0 saturated carbocycles. The average Bonchev–Trinajstić information content (AvgIpc) is 2.63. The Morgan fingerprint density at radius 1 is 1.04 bits per heavy atom. The van der Waals surface area contributed by atoms with Crippen molar-refractivity contribution in [2.24, 2.45) is 0 Å². The number of fused-ring (bicyclic) bond motifs is 1. The van der Waals surface area contributed by atoms with Crippen molar-refractivity contribution in [2.75, 3.05) is 6.54 Å². The average molecular weight is 399 g/mol. The van der Waals surface area contributed by atoms with Gasteiger partial charge < -0.3 is 4.98 Å². The summed E-state index contributed by atoms with van der Waals surface area (Å²) in [5, 5.41) is 0.962. The van der Waals surface area contributed by atoms with Crippen LogP contribution in [0.2, 0.25) is 0 Å². The van der Waals surface area contributed by atoms with Gasteiger partial charge in [0.05, 0.1) is 5.75 Å². The molecule has 1 heterocycles. The number of sulfonamides is 1. The minimum atomic E-state index is -3.46. The number of rotatable bonds is 7. The molecule has 0 fully saturated rings. The fourth-order valence-electron chi connectivity index (χ4n) is 3.18. The van der Waals surface area contributed by atoms with E-state index < -0.39 is 10.0 Å². The molecule has 0 aliphatic heterocycles. The fourth-order valence-corrected chi connectivity index (χ4v) is 4.43. The van der Waals surface area contributed by atoms with E-state index in [1.807, 2.05) is 49.4 Å². The topological polar surface area (TPSA) is 79.0 Å². The summed E-state index contributed by atoms with van der Waals surface area (Å²) in [7, 11) is -3.46. The number of nitrogens with one attached hydrogen (secondary N) is 2. The normalized spacial score (nSPS) is 12.0. The molecule has 6 heteroatoms. The summed E-state index contributed by atoms with van der Waals surface area (Å²) in [6.07, 6.45) is 0.337. The first kappa shape index (κ1) is 20.3. The van der Waals surface area contributed by atoms with Gasteiger partial charge in [-0.25, -0.2) is 13.1 Å². The van der Waals surface area contributed by atoms with E-state index in [2.05, 4.69) is 29.6 Å². The molecule has 0 radical (unpaired) electrons. The van der Waals surface area contributed by atoms with Crippen LogP contribution in [-0.2, 0) is 22.2 Å². The van der Waals surface area contributed by atoms with Crippen LogP contribution in [-0.4, -0.2) is 19.9 Å². The van der Waals surface area contributed by atoms with Crippen molar-refractivity contribution in [1.29, 1.82) is 0 Å². The summed E-state index contributed by atoms with van der Waals surface area (Å²) in [4.78, 5) is 15.2. The molecule has 28 heavy (non-hydrogen) atoms. The Bertz CT molecular complexity index is 1150. The molecule has 0 unspecified atom stereocenters. The number of benzene rings is 2. The van der Waals surface area contributed by atoms with E-state index in [1.165, 1.54) is 5.56 Å². The van der Waals surface area contributed by atoms with Gasteiger partial charge in [0.1, 0.15) is 0 Å². The van der Waals surface area contributed by atoms with Gasteiger partial charge in [0.2, 0.25) is 10.0 Å². The van der Waals surface area contributed by atoms with E-state index in [9.17, 15) is 13.2 Å². The minimum absolute atomic E-state index is 0.0640. The Balaban J connectivity index is 1.71. The molecule has 0 spiro atoms. The van der Waals surface area contributed by atoms with Gasteiger partial charge in [-0.3, -0.25) is 4.79 Å². The van der Waals surface area contributed by atoms with E-state index in [0.717, 1.165) is 22.0 Å². The van der Waals surface area contributed by atoms with Gasteiger partial charge in [0, 0.05) is 17.6 Å². The monoisotopic (exact) mass is 398 g/mol. The van der Waals surface area contributed by atoms with Gasteiger partial charge in [-0.1, -0.05) is 44.2 Å². The second-order valence-electron chi connectivity index (χ2n) is 7.45. The van der Waals surface area contributed by atoms with Gasteiger partial charge in [-0.05, 0) is 59.5 Å². The fraction of sp³-hybridized carbons (Fsp3) is 0.318. The maximum atomic E-state index is 12.4. The number of aryl methyl sites for hydroxylation is 1. The predicted molar refractivity (Wildman–Crippen MR) is 114 cm³/mol. The summed E-state index contributed by atoms with van der Waals surface area (Å²) >= 11 is 0. The number of H-pyrrole nitrogens is 1. The molecule has 0 bridgehead atoms. The molecule has 3 aromatic rings. The van der Waals surface area contributed by atoms with Gasteiger partial charge in [-0.2, -0.15) is 0 Å². The predicted octanol–water partition coefficient (Wildman–Crippen LogP) is 3.62. The molecule has 2 aromatic carbocycles. The molecule has 5 nitrogen and oxygen atoms in total. The smallest absolute Gasteiger partial charge is 0.251 e. The largest absolute Gasteiger partial charge is 0.322 e. The van der Waals surface area contributed by atoms with Crippen molar-refractivity contribution >= 4 is 20.9 Å². The third kappa shape index (κ3) is 4.88. The van der Waals surface area contributed by atoms with Crippen molar-refractivity contribution in [3.8, 4) is 0 Å². The summed E-state index contributed by atoms with van der Waals surface area (Å²) in [6.45, 7) is 6.32. The summed E-state index contributed by atoms with van der Waals surface area (Å²) in [6, 6.07) is 15.3. The summed E-state index contributed by atoms with van der Waals surface area (Å²) in [5.41, 5.74) is 4.11. The van der Waals surface area contributed by atoms with Gasteiger partial charge in [0.15, 0.2) is 0 Å². The molecule has 148 valence electrons. The molecule has 0 amide bonds. The van der Waals surface area contributed by atoms with E-state index in [0.29, 0.717) is 17.9 Å². The minimum Gasteiger partial charge on any atom is -0.322 e. The molecule has 0 aliphatic carbocycles. The highest BCUT2D eigenvalue weighted by Crippen LogP contribution is 2.20. The zero-order valence-corrected chi connectivity index (χ0v) is 17.3. The molecule has 0 saturated heterocycles. The van der Waals surface area contributed by atoms with Crippen molar-refractivity contribution in [3.05, 3.63) is 81.1 Å². The highest BCUT2D eigenvalue weighted by Gasteiger charge is 2.13. The Kier molecular flexibility index (Phi) is 6.01. The summed E-state index contributed by atoms with van der Waals surface area (Å²) < 4.78 is 27.3. The Morgan fingerprint density at radius 3 is 2.50 bits per heavy atom. The van der Waals surface area contributed by atoms with Crippen LogP contribution in [0.3, 0.4) is 0 Å². The van der Waals surface area contributed by atoms with Crippen LogP contribution in [0.1, 0.15) is 42.0 Å². The molecule has 1 aromatic heterocycles. The Morgan fingerprint density at radius 2 is 1.79 bits per heavy atom. The maximum Gasteiger partial charge on any atom is 0.251 e. The van der Waals surface area contributed by atoms with Crippen LogP contribution in [0, 0.1) is 6.92 Å². The first-order chi connectivity index (χ1) is 13.2. The first-order valence-electron chi connectivity index (χ1n) is 9.43. The molecular formula is C22H26N2O3S. The number of hydrogen-bond donors (Lipinski definition) is 2. The standard InChI is InChI=1S/C22H26N2O3S/c1-15(2)17-8-9-21-20(12-17)13-18(22(25)24-21)10-11-23-28(26,27)14-19-7-5-4-6-16(19)3/h4-9,12-13,15,23H,10-11,14H2,1-3H3,(H,24,25). The lowest BCUT2D eigenvalue weighted by atomic mass is 10.0. The Hall–Kier alpha value is -2.44. The van der Waals surface area contributed by atoms with Crippen LogP contribution in [0.4, 0.5) is 0 Å². The number of aromatic amines is 1. The highest BCUT2D eigenvalue weighted by molar-refractivity contribution is 7.88. The number of aromatic nitrogens is 1. The van der Waals surface area contributed by atoms with Crippen molar-refractivity contribution in [1.82, 2.24) is 9.71 Å². The van der Waals surface area contributed by atoms with E-state index >= 15 is 0 Å². The zero-order chi connectivity index (χ0) is 20.3. The van der Waals surface area contributed by atoms with E-state index in [4.69, 9.17) is 0 Å². The molecule has 2 N–H and O–H groups in total. The third-order valence-electron chi connectivity index (χ3n) is 4.93. The van der Waals surface area contributed by atoms with Crippen LogP contribution < -0.4 is 10.3 Å². The Labute approximate surface area is 165 Å². The lowest BCUT2D eigenvalue weighted by Gasteiger charge is -2.10. The quantitative estimate of drug-likeness (QED) is 0.638. The van der Waals surface area contributed by atoms with Gasteiger partial charge >= 0.3 is 0 Å². The molecule has 3 rings (SSSR count).